The Labute approximate surface area is 148 Å². The second-order valence-corrected chi connectivity index (χ2v) is 6.09. The van der Waals surface area contributed by atoms with Gasteiger partial charge in [0.15, 0.2) is 5.82 Å². The van der Waals surface area contributed by atoms with E-state index in [0.717, 1.165) is 53.9 Å². The van der Waals surface area contributed by atoms with E-state index in [-0.39, 0.29) is 6.61 Å². The molecular weight excluding hydrogens is 312 g/mol. The maximum absolute atomic E-state index is 9.97. The fourth-order valence-electron chi connectivity index (χ4n) is 3.02. The Morgan fingerprint density at radius 2 is 1.68 bits per heavy atom. The molecule has 0 aliphatic rings. The Bertz CT molecular complexity index is 810. The second kappa shape index (κ2) is 8.03. The van der Waals surface area contributed by atoms with Crippen LogP contribution in [-0.2, 0) is 19.4 Å². The highest BCUT2D eigenvalue weighted by atomic mass is 16.3. The van der Waals surface area contributed by atoms with Crippen molar-refractivity contribution in [2.75, 3.05) is 0 Å². The molecule has 0 bridgehead atoms. The third kappa shape index (κ3) is 3.61. The molecule has 2 heterocycles. The summed E-state index contributed by atoms with van der Waals surface area (Å²) >= 11 is 0. The zero-order chi connectivity index (χ0) is 17.6. The van der Waals surface area contributed by atoms with E-state index in [4.69, 9.17) is 5.10 Å². The predicted octanol–water partition coefficient (Wildman–Crippen LogP) is 3.73. The highest BCUT2D eigenvalue weighted by Crippen LogP contribution is 2.28. The molecule has 130 valence electrons. The van der Waals surface area contributed by atoms with E-state index in [2.05, 4.69) is 24.0 Å². The van der Waals surface area contributed by atoms with Crippen molar-refractivity contribution in [2.45, 2.75) is 46.1 Å². The van der Waals surface area contributed by atoms with Gasteiger partial charge in [-0.3, -0.25) is 0 Å². The van der Waals surface area contributed by atoms with E-state index in [9.17, 15) is 5.11 Å². The molecule has 0 saturated carbocycles. The molecule has 0 aliphatic carbocycles. The number of nitrogens with zero attached hydrogens (tertiary/aromatic N) is 4. The van der Waals surface area contributed by atoms with Crippen LogP contribution in [0.15, 0.2) is 42.5 Å². The van der Waals surface area contributed by atoms with E-state index in [0.29, 0.717) is 5.82 Å². The van der Waals surface area contributed by atoms with E-state index < -0.39 is 0 Å². The van der Waals surface area contributed by atoms with E-state index in [1.54, 1.807) is 0 Å². The molecule has 5 heteroatoms. The standard InChI is InChI=1S/C20H24N4O/c1-3-8-16-12-13-19(22-21-16)24-18(9-4-2)17(14-25)20(23-24)15-10-6-5-7-11-15/h5-7,10-13,25H,3-4,8-9,14H2,1-2H3. The van der Waals surface area contributed by atoms with Crippen LogP contribution in [0.3, 0.4) is 0 Å². The van der Waals surface area contributed by atoms with Gasteiger partial charge in [0.05, 0.1) is 23.7 Å². The van der Waals surface area contributed by atoms with Crippen LogP contribution < -0.4 is 0 Å². The molecule has 3 rings (SSSR count). The molecule has 5 nitrogen and oxygen atoms in total. The van der Waals surface area contributed by atoms with Crippen molar-refractivity contribution in [3.8, 4) is 17.1 Å². The summed E-state index contributed by atoms with van der Waals surface area (Å²) in [7, 11) is 0. The topological polar surface area (TPSA) is 63.8 Å². The van der Waals surface area contributed by atoms with E-state index in [1.165, 1.54) is 0 Å². The van der Waals surface area contributed by atoms with E-state index >= 15 is 0 Å². The molecule has 0 unspecified atom stereocenters. The smallest absolute Gasteiger partial charge is 0.175 e. The number of aliphatic hydroxyl groups is 1. The van der Waals surface area contributed by atoms with Gasteiger partial charge in [-0.15, -0.1) is 5.10 Å². The third-order valence-corrected chi connectivity index (χ3v) is 4.21. The molecule has 0 amide bonds. The molecule has 0 aliphatic heterocycles. The minimum atomic E-state index is -0.0408. The highest BCUT2D eigenvalue weighted by Gasteiger charge is 2.19. The summed E-state index contributed by atoms with van der Waals surface area (Å²) in [5, 5.41) is 23.4. The number of hydrogen-bond donors (Lipinski definition) is 1. The van der Waals surface area contributed by atoms with Crippen LogP contribution in [-0.4, -0.2) is 25.1 Å². The molecule has 1 aromatic carbocycles. The zero-order valence-corrected chi connectivity index (χ0v) is 14.8. The third-order valence-electron chi connectivity index (χ3n) is 4.21. The van der Waals surface area contributed by atoms with Gasteiger partial charge in [0.2, 0.25) is 0 Å². The van der Waals surface area contributed by atoms with Gasteiger partial charge in [0, 0.05) is 11.1 Å². The largest absolute Gasteiger partial charge is 0.392 e. The lowest BCUT2D eigenvalue weighted by atomic mass is 10.0. The normalized spacial score (nSPS) is 11.0. The highest BCUT2D eigenvalue weighted by molar-refractivity contribution is 5.64. The summed E-state index contributed by atoms with van der Waals surface area (Å²) in [6.07, 6.45) is 3.76. The first-order valence-corrected chi connectivity index (χ1v) is 8.88. The quantitative estimate of drug-likeness (QED) is 0.714. The Morgan fingerprint density at radius 1 is 0.920 bits per heavy atom. The molecule has 0 radical (unpaired) electrons. The molecule has 0 fully saturated rings. The van der Waals surface area contributed by atoms with Gasteiger partial charge in [-0.05, 0) is 25.0 Å². The average Bonchev–Trinajstić information content (AvgIpc) is 3.02. The molecule has 0 saturated heterocycles. The SMILES string of the molecule is CCCc1ccc(-n2nc(-c3ccccc3)c(CO)c2CCC)nn1. The van der Waals surface area contributed by atoms with Crippen molar-refractivity contribution in [2.24, 2.45) is 0 Å². The Kier molecular flexibility index (Phi) is 5.56. The molecule has 0 atom stereocenters. The number of aryl methyl sites for hydroxylation is 1. The maximum atomic E-state index is 9.97. The number of aromatic nitrogens is 4. The fourth-order valence-corrected chi connectivity index (χ4v) is 3.02. The van der Waals surface area contributed by atoms with Crippen molar-refractivity contribution in [1.29, 1.82) is 0 Å². The Hall–Kier alpha value is -2.53. The van der Waals surface area contributed by atoms with Crippen LogP contribution in [0.5, 0.6) is 0 Å². The second-order valence-electron chi connectivity index (χ2n) is 6.09. The summed E-state index contributed by atoms with van der Waals surface area (Å²) in [4.78, 5) is 0. The van der Waals surface area contributed by atoms with Gasteiger partial charge >= 0.3 is 0 Å². The van der Waals surface area contributed by atoms with Crippen LogP contribution >= 0.6 is 0 Å². The summed E-state index contributed by atoms with van der Waals surface area (Å²) < 4.78 is 1.83. The van der Waals surface area contributed by atoms with Crippen molar-refractivity contribution >= 4 is 0 Å². The molecule has 1 N–H and O–H groups in total. The maximum Gasteiger partial charge on any atom is 0.175 e. The number of hydrogen-bond acceptors (Lipinski definition) is 4. The van der Waals surface area contributed by atoms with Crippen LogP contribution in [0.2, 0.25) is 0 Å². The van der Waals surface area contributed by atoms with Gasteiger partial charge in [-0.2, -0.15) is 10.2 Å². The first-order chi connectivity index (χ1) is 12.3. The first-order valence-electron chi connectivity index (χ1n) is 8.88. The number of benzene rings is 1. The lowest BCUT2D eigenvalue weighted by Gasteiger charge is -2.07. The van der Waals surface area contributed by atoms with Crippen molar-refractivity contribution in [3.05, 3.63) is 59.4 Å². The molecule has 3 aromatic rings. The number of rotatable bonds is 7. The molecular formula is C20H24N4O. The zero-order valence-electron chi connectivity index (χ0n) is 14.8. The van der Waals surface area contributed by atoms with Crippen LogP contribution in [0, 0.1) is 0 Å². The minimum Gasteiger partial charge on any atom is -0.392 e. The van der Waals surface area contributed by atoms with Crippen LogP contribution in [0.1, 0.15) is 43.6 Å². The van der Waals surface area contributed by atoms with Gasteiger partial charge in [0.1, 0.15) is 0 Å². The molecule has 0 spiro atoms. The lowest BCUT2D eigenvalue weighted by Crippen LogP contribution is -2.07. The average molecular weight is 336 g/mol. The first kappa shape index (κ1) is 17.3. The van der Waals surface area contributed by atoms with Crippen molar-refractivity contribution in [1.82, 2.24) is 20.0 Å². The van der Waals surface area contributed by atoms with Crippen LogP contribution in [0.4, 0.5) is 0 Å². The molecule has 2 aromatic heterocycles. The lowest BCUT2D eigenvalue weighted by molar-refractivity contribution is 0.281. The van der Waals surface area contributed by atoms with Gasteiger partial charge in [0.25, 0.3) is 0 Å². The molecule has 25 heavy (non-hydrogen) atoms. The van der Waals surface area contributed by atoms with Crippen molar-refractivity contribution < 1.29 is 5.11 Å². The van der Waals surface area contributed by atoms with Gasteiger partial charge in [-0.1, -0.05) is 57.0 Å². The minimum absolute atomic E-state index is 0.0408. The summed E-state index contributed by atoms with van der Waals surface area (Å²) in [5.41, 5.74) is 4.67. The predicted molar refractivity (Wildman–Crippen MR) is 98.5 cm³/mol. The van der Waals surface area contributed by atoms with Crippen LogP contribution in [0.25, 0.3) is 17.1 Å². The Balaban J connectivity index is 2.10. The summed E-state index contributed by atoms with van der Waals surface area (Å²) in [6.45, 7) is 4.21. The summed E-state index contributed by atoms with van der Waals surface area (Å²) in [5.74, 6) is 0.695. The number of aliphatic hydroxyl groups excluding tert-OH is 1. The Morgan fingerprint density at radius 3 is 2.28 bits per heavy atom. The summed E-state index contributed by atoms with van der Waals surface area (Å²) in [6, 6.07) is 13.9. The monoisotopic (exact) mass is 336 g/mol. The fraction of sp³-hybridized carbons (Fsp3) is 0.350. The van der Waals surface area contributed by atoms with Gasteiger partial charge in [-0.25, -0.2) is 4.68 Å². The van der Waals surface area contributed by atoms with Crippen molar-refractivity contribution in [3.63, 3.8) is 0 Å². The van der Waals surface area contributed by atoms with E-state index in [1.807, 2.05) is 47.1 Å². The van der Waals surface area contributed by atoms with Gasteiger partial charge < -0.3 is 5.11 Å².